The number of aromatic carboxylic acids is 1. The molecule has 4 rings (SSSR count). The first-order valence-corrected chi connectivity index (χ1v) is 15.3. The molecule has 2 fully saturated rings. The lowest BCUT2D eigenvalue weighted by Gasteiger charge is -2.27. The van der Waals surface area contributed by atoms with Crippen LogP contribution in [0.15, 0.2) is 34.3 Å². The second-order valence-corrected chi connectivity index (χ2v) is 13.0. The summed E-state index contributed by atoms with van der Waals surface area (Å²) in [7, 11) is -5.74. The van der Waals surface area contributed by atoms with Gasteiger partial charge in [-0.1, -0.05) is 0 Å². The van der Waals surface area contributed by atoms with Crippen molar-refractivity contribution in [3.63, 3.8) is 0 Å². The van der Waals surface area contributed by atoms with E-state index < -0.39 is 31.6 Å². The number of aromatic nitrogens is 2. The number of pyridine rings is 2. The largest absolute Gasteiger partial charge is 0.478 e. The van der Waals surface area contributed by atoms with Gasteiger partial charge in [-0.2, -0.15) is 0 Å². The third kappa shape index (κ3) is 7.86. The molecule has 202 valence electrons. The van der Waals surface area contributed by atoms with Crippen LogP contribution >= 0.6 is 0 Å². The number of nitrogens with zero attached hydrogens (tertiary/aromatic N) is 2. The van der Waals surface area contributed by atoms with E-state index >= 15 is 0 Å². The van der Waals surface area contributed by atoms with Crippen molar-refractivity contribution in [1.82, 2.24) is 9.97 Å². The number of carbonyl (C=O) groups excluding carboxylic acids is 1. The number of methoxy groups -OCH3 is 1. The van der Waals surface area contributed by atoms with Crippen molar-refractivity contribution in [2.24, 2.45) is 0 Å². The van der Waals surface area contributed by atoms with E-state index in [0.29, 0.717) is 17.7 Å². The molecule has 37 heavy (non-hydrogen) atoms. The summed E-state index contributed by atoms with van der Waals surface area (Å²) in [5.74, 6) is -1.05. The highest BCUT2D eigenvalue weighted by Gasteiger charge is 2.22. The molecule has 2 aromatic heterocycles. The summed E-state index contributed by atoms with van der Waals surface area (Å²) in [5.41, 5.74) is 0.104. The Kier molecular flexibility index (Phi) is 8.74. The molecule has 14 heteroatoms. The molecule has 0 atom stereocenters. The van der Waals surface area contributed by atoms with E-state index in [4.69, 9.17) is 5.11 Å². The highest BCUT2D eigenvalue weighted by atomic mass is 32.2. The Balaban J connectivity index is 0.000000206. The third-order valence-corrected chi connectivity index (χ3v) is 7.88. The first kappa shape index (κ1) is 28.3. The van der Waals surface area contributed by atoms with E-state index in [0.717, 1.165) is 57.1 Å². The first-order valence-electron chi connectivity index (χ1n) is 11.5. The molecule has 0 spiro atoms. The van der Waals surface area contributed by atoms with Crippen molar-refractivity contribution in [3.05, 3.63) is 35.4 Å². The van der Waals surface area contributed by atoms with Crippen LogP contribution in [-0.4, -0.2) is 75.6 Å². The van der Waals surface area contributed by atoms with Gasteiger partial charge in [-0.15, -0.1) is 0 Å². The molecular formula is C23H30N4O8S2. The number of sulfone groups is 2. The van der Waals surface area contributed by atoms with Crippen LogP contribution in [0.5, 0.6) is 0 Å². The molecule has 3 N–H and O–H groups in total. The zero-order valence-electron chi connectivity index (χ0n) is 20.7. The Labute approximate surface area is 215 Å². The van der Waals surface area contributed by atoms with E-state index in [1.165, 1.54) is 25.3 Å². The summed E-state index contributed by atoms with van der Waals surface area (Å²) in [4.78, 5) is 30.5. The van der Waals surface area contributed by atoms with Crippen molar-refractivity contribution < 1.29 is 36.3 Å². The SMILES string of the molecule is COC(=O)c1cc(NC2CCC2)nc(S(C)(=O)=O)c1.CS(=O)(=O)c1cc(C(=O)O)cc(NC2CCC2)n1. The lowest BCUT2D eigenvalue weighted by Crippen LogP contribution is -2.27. The van der Waals surface area contributed by atoms with Crippen LogP contribution in [0.2, 0.25) is 0 Å². The van der Waals surface area contributed by atoms with Crippen molar-refractivity contribution in [2.45, 2.75) is 60.7 Å². The summed E-state index contributed by atoms with van der Waals surface area (Å²) in [5, 5.41) is 14.8. The molecule has 12 nitrogen and oxygen atoms in total. The Morgan fingerprint density at radius 1 is 0.811 bits per heavy atom. The van der Waals surface area contributed by atoms with Gasteiger partial charge in [0.15, 0.2) is 29.7 Å². The maximum absolute atomic E-state index is 11.6. The average molecular weight is 555 g/mol. The quantitative estimate of drug-likeness (QED) is 0.406. The van der Waals surface area contributed by atoms with Crippen LogP contribution in [0.3, 0.4) is 0 Å². The second kappa shape index (κ2) is 11.4. The van der Waals surface area contributed by atoms with Crippen LogP contribution in [0, 0.1) is 0 Å². The van der Waals surface area contributed by atoms with Crippen LogP contribution in [-0.2, 0) is 24.4 Å². The molecule has 2 aliphatic rings. The van der Waals surface area contributed by atoms with Crippen molar-refractivity contribution in [3.8, 4) is 0 Å². The number of nitrogens with one attached hydrogen (secondary N) is 2. The fourth-order valence-corrected chi connectivity index (χ4v) is 4.63. The number of hydrogen-bond donors (Lipinski definition) is 3. The predicted molar refractivity (Wildman–Crippen MR) is 136 cm³/mol. The lowest BCUT2D eigenvalue weighted by atomic mass is 9.93. The molecule has 2 aromatic rings. The third-order valence-electron chi connectivity index (χ3n) is 5.95. The van der Waals surface area contributed by atoms with Crippen LogP contribution in [0.4, 0.5) is 11.6 Å². The Hall–Kier alpha value is -3.26. The highest BCUT2D eigenvalue weighted by molar-refractivity contribution is 7.90. The molecule has 0 unspecified atom stereocenters. The lowest BCUT2D eigenvalue weighted by molar-refractivity contribution is 0.0599. The van der Waals surface area contributed by atoms with Crippen LogP contribution in [0.1, 0.15) is 59.2 Å². The molecule has 2 heterocycles. The van der Waals surface area contributed by atoms with Crippen molar-refractivity contribution in [2.75, 3.05) is 30.3 Å². The number of carboxylic acids is 1. The van der Waals surface area contributed by atoms with Gasteiger partial charge in [0.1, 0.15) is 11.6 Å². The zero-order valence-corrected chi connectivity index (χ0v) is 22.4. The van der Waals surface area contributed by atoms with Gasteiger partial charge in [0.05, 0.1) is 18.2 Å². The summed E-state index contributed by atoms with van der Waals surface area (Å²) in [6.45, 7) is 0. The Morgan fingerprint density at radius 2 is 1.22 bits per heavy atom. The summed E-state index contributed by atoms with van der Waals surface area (Å²) >= 11 is 0. The molecular weight excluding hydrogens is 524 g/mol. The van der Waals surface area contributed by atoms with E-state index in [9.17, 15) is 26.4 Å². The van der Waals surface area contributed by atoms with Gasteiger partial charge in [-0.25, -0.2) is 36.4 Å². The van der Waals surface area contributed by atoms with E-state index in [-0.39, 0.29) is 27.2 Å². The van der Waals surface area contributed by atoms with Crippen molar-refractivity contribution in [1.29, 1.82) is 0 Å². The second-order valence-electron chi connectivity index (χ2n) is 9.04. The molecule has 0 aromatic carbocycles. The molecule has 0 radical (unpaired) electrons. The Bertz CT molecular complexity index is 1390. The molecule has 2 aliphatic carbocycles. The minimum atomic E-state index is -3.52. The molecule has 0 bridgehead atoms. The van der Waals surface area contributed by atoms with E-state index in [1.807, 2.05) is 0 Å². The predicted octanol–water partition coefficient (Wildman–Crippen LogP) is 2.38. The Morgan fingerprint density at radius 3 is 1.54 bits per heavy atom. The number of hydrogen-bond acceptors (Lipinski definition) is 11. The average Bonchev–Trinajstić information content (AvgIpc) is 2.77. The van der Waals surface area contributed by atoms with Crippen molar-refractivity contribution >= 4 is 43.2 Å². The van der Waals surface area contributed by atoms with Gasteiger partial charge in [-0.05, 0) is 62.8 Å². The number of anilines is 2. The van der Waals surface area contributed by atoms with Gasteiger partial charge in [0.2, 0.25) is 0 Å². The molecule has 2 saturated carbocycles. The zero-order chi connectivity index (χ0) is 27.4. The first-order chi connectivity index (χ1) is 17.3. The fourth-order valence-electron chi connectivity index (χ4n) is 3.42. The van der Waals surface area contributed by atoms with Crippen LogP contribution < -0.4 is 10.6 Å². The normalized spacial score (nSPS) is 15.9. The smallest absolute Gasteiger partial charge is 0.338 e. The summed E-state index contributed by atoms with van der Waals surface area (Å²) < 4.78 is 50.7. The highest BCUT2D eigenvalue weighted by Crippen LogP contribution is 2.25. The van der Waals surface area contributed by atoms with Gasteiger partial charge < -0.3 is 20.5 Å². The van der Waals surface area contributed by atoms with Gasteiger partial charge >= 0.3 is 11.9 Å². The molecule has 0 saturated heterocycles. The van der Waals surface area contributed by atoms with Gasteiger partial charge in [0, 0.05) is 24.6 Å². The number of esters is 1. The van der Waals surface area contributed by atoms with E-state index in [1.54, 1.807) is 0 Å². The fraction of sp³-hybridized carbons (Fsp3) is 0.478. The number of carbonyl (C=O) groups is 2. The van der Waals surface area contributed by atoms with Gasteiger partial charge in [0.25, 0.3) is 0 Å². The summed E-state index contributed by atoms with van der Waals surface area (Å²) in [6.07, 6.45) is 8.37. The topological polar surface area (TPSA) is 182 Å². The van der Waals surface area contributed by atoms with E-state index in [2.05, 4.69) is 25.3 Å². The molecule has 0 aliphatic heterocycles. The standard InChI is InChI=1S/C12H16N2O4S.C11H14N2O4S/c1-18-12(15)8-6-10(13-9-4-3-5-9)14-11(7-8)19(2,16)17;1-18(16,17)10-6-7(11(14)15)5-9(13-10)12-8-3-2-4-8/h6-7,9H,3-5H2,1-2H3,(H,13,14);5-6,8H,2-4H2,1H3,(H,12,13)(H,14,15). The minimum absolute atomic E-state index is 0.0766. The number of rotatable bonds is 8. The van der Waals surface area contributed by atoms with Gasteiger partial charge in [-0.3, -0.25) is 0 Å². The van der Waals surface area contributed by atoms with Crippen LogP contribution in [0.25, 0.3) is 0 Å². The minimum Gasteiger partial charge on any atom is -0.478 e. The number of carboxylic acid groups (broad SMARTS) is 1. The maximum Gasteiger partial charge on any atom is 0.338 e. The maximum atomic E-state index is 11.6. The number of ether oxygens (including phenoxy) is 1. The summed E-state index contributed by atoms with van der Waals surface area (Å²) in [6, 6.07) is 5.73. The monoisotopic (exact) mass is 554 g/mol. The molecule has 0 amide bonds.